The molecule has 0 saturated heterocycles. The number of nitro groups is 1. The van der Waals surface area contributed by atoms with Gasteiger partial charge in [-0.3, -0.25) is 10.1 Å². The predicted molar refractivity (Wildman–Crippen MR) is 72.1 cm³/mol. The van der Waals surface area contributed by atoms with Crippen LogP contribution in [-0.2, 0) is 0 Å². The lowest BCUT2D eigenvalue weighted by Crippen LogP contribution is -2.29. The summed E-state index contributed by atoms with van der Waals surface area (Å²) in [7, 11) is 0. The van der Waals surface area contributed by atoms with Gasteiger partial charge in [-0.05, 0) is 12.1 Å². The normalized spacial score (nSPS) is 10.5. The molecule has 92 valence electrons. The van der Waals surface area contributed by atoms with E-state index in [4.69, 9.17) is 0 Å². The van der Waals surface area contributed by atoms with Crippen LogP contribution in [0.15, 0.2) is 67.0 Å². The summed E-state index contributed by atoms with van der Waals surface area (Å²) in [5.41, 5.74) is 1.07. The zero-order valence-corrected chi connectivity index (χ0v) is 10.1. The highest BCUT2D eigenvalue weighted by Crippen LogP contribution is 2.27. The van der Waals surface area contributed by atoms with Gasteiger partial charge in [-0.2, -0.15) is 4.57 Å². The maximum atomic E-state index is 11.1. The third-order valence-corrected chi connectivity index (χ3v) is 3.07. The number of pyridine rings is 1. The van der Waals surface area contributed by atoms with E-state index >= 15 is 0 Å². The van der Waals surface area contributed by atoms with Gasteiger partial charge in [0.25, 0.3) is 5.69 Å². The topological polar surface area (TPSA) is 47.0 Å². The Morgan fingerprint density at radius 3 is 2.26 bits per heavy atom. The second-order valence-corrected chi connectivity index (χ2v) is 4.19. The van der Waals surface area contributed by atoms with E-state index in [1.54, 1.807) is 12.1 Å². The monoisotopic (exact) mass is 251 g/mol. The molecular formula is C15H11N2O2+. The minimum Gasteiger partial charge on any atom is -0.258 e. The first-order chi connectivity index (χ1) is 9.27. The molecule has 3 rings (SSSR count). The Morgan fingerprint density at radius 1 is 0.842 bits per heavy atom. The second kappa shape index (κ2) is 4.49. The Morgan fingerprint density at radius 2 is 1.53 bits per heavy atom. The Kier molecular flexibility index (Phi) is 2.68. The van der Waals surface area contributed by atoms with Crippen molar-refractivity contribution >= 4 is 16.5 Å². The maximum absolute atomic E-state index is 11.1. The van der Waals surface area contributed by atoms with Crippen LogP contribution < -0.4 is 4.57 Å². The van der Waals surface area contributed by atoms with Crippen molar-refractivity contribution < 1.29 is 9.49 Å². The van der Waals surface area contributed by atoms with Gasteiger partial charge in [-0.15, -0.1) is 0 Å². The van der Waals surface area contributed by atoms with Crippen LogP contribution in [0.2, 0.25) is 0 Å². The van der Waals surface area contributed by atoms with E-state index < -0.39 is 0 Å². The molecule has 0 spiro atoms. The minimum atomic E-state index is -0.345. The Bertz CT molecular complexity index is 754. The first-order valence-corrected chi connectivity index (χ1v) is 5.90. The first-order valence-electron chi connectivity index (χ1n) is 5.90. The fourth-order valence-corrected chi connectivity index (χ4v) is 2.22. The molecule has 3 aromatic rings. The van der Waals surface area contributed by atoms with Crippen molar-refractivity contribution in [3.8, 4) is 5.69 Å². The Hall–Kier alpha value is -2.75. The van der Waals surface area contributed by atoms with Gasteiger partial charge < -0.3 is 0 Å². The lowest BCUT2D eigenvalue weighted by atomic mass is 10.1. The molecule has 0 aliphatic heterocycles. The van der Waals surface area contributed by atoms with Gasteiger partial charge in [0.2, 0.25) is 5.69 Å². The van der Waals surface area contributed by atoms with Crippen LogP contribution in [0.3, 0.4) is 0 Å². The highest BCUT2D eigenvalue weighted by molar-refractivity contribution is 5.95. The summed E-state index contributed by atoms with van der Waals surface area (Å²) in [5, 5.41) is 12.6. The van der Waals surface area contributed by atoms with E-state index in [1.165, 1.54) is 6.07 Å². The third kappa shape index (κ3) is 1.93. The molecule has 1 heterocycles. The van der Waals surface area contributed by atoms with Crippen molar-refractivity contribution in [1.82, 2.24) is 0 Å². The number of benzene rings is 2. The summed E-state index contributed by atoms with van der Waals surface area (Å²) in [6, 6.07) is 16.5. The van der Waals surface area contributed by atoms with E-state index in [0.29, 0.717) is 5.39 Å². The van der Waals surface area contributed by atoms with Gasteiger partial charge in [0.15, 0.2) is 12.4 Å². The summed E-state index contributed by atoms with van der Waals surface area (Å²) >= 11 is 0. The molecule has 1 aromatic heterocycles. The van der Waals surface area contributed by atoms with Gasteiger partial charge in [0.1, 0.15) is 0 Å². The zero-order chi connectivity index (χ0) is 13.2. The predicted octanol–water partition coefficient (Wildman–Crippen LogP) is 3.02. The van der Waals surface area contributed by atoms with E-state index in [1.807, 2.05) is 53.4 Å². The maximum Gasteiger partial charge on any atom is 0.277 e. The number of non-ortho nitro benzene ring substituents is 1. The molecule has 0 radical (unpaired) electrons. The zero-order valence-electron chi connectivity index (χ0n) is 10.1. The molecule has 0 atom stereocenters. The average Bonchev–Trinajstić information content (AvgIpc) is 2.46. The van der Waals surface area contributed by atoms with Crippen LogP contribution in [0.5, 0.6) is 0 Å². The summed E-state index contributed by atoms with van der Waals surface area (Å²) in [5.74, 6) is 0. The molecule has 19 heavy (non-hydrogen) atoms. The molecule has 0 aliphatic carbocycles. The quantitative estimate of drug-likeness (QED) is 0.399. The minimum absolute atomic E-state index is 0.135. The summed E-state index contributed by atoms with van der Waals surface area (Å²) in [4.78, 5) is 10.7. The molecule has 0 aliphatic rings. The van der Waals surface area contributed by atoms with E-state index in [0.717, 1.165) is 11.1 Å². The van der Waals surface area contributed by atoms with Gasteiger partial charge in [0, 0.05) is 24.3 Å². The first kappa shape index (κ1) is 11.3. The fourth-order valence-electron chi connectivity index (χ4n) is 2.22. The number of nitro benzene ring substituents is 1. The highest BCUT2D eigenvalue weighted by atomic mass is 16.6. The molecular weight excluding hydrogens is 240 g/mol. The van der Waals surface area contributed by atoms with Crippen molar-refractivity contribution in [3.05, 3.63) is 77.1 Å². The molecule has 4 heteroatoms. The van der Waals surface area contributed by atoms with Crippen LogP contribution in [0.1, 0.15) is 0 Å². The molecule has 0 saturated carbocycles. The molecule has 0 bridgehead atoms. The number of hydrogen-bond donors (Lipinski definition) is 0. The molecule has 0 amide bonds. The van der Waals surface area contributed by atoms with Crippen LogP contribution in [0, 0.1) is 10.1 Å². The number of rotatable bonds is 2. The third-order valence-electron chi connectivity index (χ3n) is 3.07. The van der Waals surface area contributed by atoms with E-state index in [2.05, 4.69) is 0 Å². The molecule has 2 aromatic carbocycles. The van der Waals surface area contributed by atoms with Gasteiger partial charge in [0.05, 0.1) is 15.7 Å². The SMILES string of the molecule is O=[N+]([O-])c1cccc2c(-[n+]3ccccc3)cccc12. The second-order valence-electron chi connectivity index (χ2n) is 4.19. The lowest BCUT2D eigenvalue weighted by molar-refractivity contribution is -0.594. The molecule has 0 fully saturated rings. The van der Waals surface area contributed by atoms with Gasteiger partial charge >= 0.3 is 0 Å². The number of aromatic nitrogens is 1. The van der Waals surface area contributed by atoms with Crippen molar-refractivity contribution in [2.24, 2.45) is 0 Å². The largest absolute Gasteiger partial charge is 0.277 e. The smallest absolute Gasteiger partial charge is 0.258 e. The van der Waals surface area contributed by atoms with Crippen molar-refractivity contribution in [3.63, 3.8) is 0 Å². The molecule has 0 unspecified atom stereocenters. The van der Waals surface area contributed by atoms with Crippen molar-refractivity contribution in [1.29, 1.82) is 0 Å². The lowest BCUT2D eigenvalue weighted by Gasteiger charge is -2.02. The summed E-state index contributed by atoms with van der Waals surface area (Å²) in [6.45, 7) is 0. The van der Waals surface area contributed by atoms with Crippen LogP contribution in [0.4, 0.5) is 5.69 Å². The average molecular weight is 251 g/mol. The number of hydrogen-bond acceptors (Lipinski definition) is 2. The van der Waals surface area contributed by atoms with Crippen LogP contribution >= 0.6 is 0 Å². The molecule has 4 nitrogen and oxygen atoms in total. The standard InChI is InChI=1S/C15H11N2O2/c18-17(19)15-9-5-6-12-13(15)7-4-8-14(12)16-10-2-1-3-11-16/h1-11H/q+1. The Labute approximate surface area is 109 Å². The summed E-state index contributed by atoms with van der Waals surface area (Å²) in [6.07, 6.45) is 3.85. The van der Waals surface area contributed by atoms with Gasteiger partial charge in [-0.1, -0.05) is 18.2 Å². The van der Waals surface area contributed by atoms with Gasteiger partial charge in [-0.25, -0.2) is 0 Å². The van der Waals surface area contributed by atoms with Crippen molar-refractivity contribution in [2.45, 2.75) is 0 Å². The fraction of sp³-hybridized carbons (Fsp3) is 0. The van der Waals surface area contributed by atoms with Crippen LogP contribution in [0.25, 0.3) is 16.5 Å². The van der Waals surface area contributed by atoms with Crippen LogP contribution in [-0.4, -0.2) is 4.92 Å². The highest BCUT2D eigenvalue weighted by Gasteiger charge is 2.16. The summed E-state index contributed by atoms with van der Waals surface area (Å²) < 4.78 is 1.95. The number of fused-ring (bicyclic) bond motifs is 1. The van der Waals surface area contributed by atoms with E-state index in [-0.39, 0.29) is 10.6 Å². The van der Waals surface area contributed by atoms with E-state index in [9.17, 15) is 10.1 Å². The van der Waals surface area contributed by atoms with Crippen molar-refractivity contribution in [2.75, 3.05) is 0 Å². The molecule has 0 N–H and O–H groups in total. The number of nitrogens with zero attached hydrogens (tertiary/aromatic N) is 2. The Balaban J connectivity index is 2.34.